The molecule has 0 radical (unpaired) electrons. The monoisotopic (exact) mass is 299 g/mol. The molecule has 2 rings (SSSR count). The maximum absolute atomic E-state index is 13.2. The lowest BCUT2D eigenvalue weighted by Crippen LogP contribution is -2.55. The van der Waals surface area contributed by atoms with Crippen LogP contribution in [-0.2, 0) is 4.79 Å². The van der Waals surface area contributed by atoms with Gasteiger partial charge in [0.25, 0.3) is 5.91 Å². The normalized spacial score (nSPS) is 17.9. The third-order valence-electron chi connectivity index (χ3n) is 3.32. The minimum absolute atomic E-state index is 0.153. The lowest BCUT2D eigenvalue weighted by Gasteiger charge is -2.36. The topological polar surface area (TPSA) is 66.6 Å². The molecule has 0 aromatic heterocycles. The minimum atomic E-state index is -0.648. The van der Waals surface area contributed by atoms with Gasteiger partial charge in [-0.2, -0.15) is 0 Å². The molecular formula is C13H15ClFN3O2. The summed E-state index contributed by atoms with van der Waals surface area (Å²) in [5.41, 5.74) is 5.76. The number of carbonyl (C=O) groups excluding carboxylic acids is 2. The molecule has 2 N–H and O–H groups in total. The summed E-state index contributed by atoms with van der Waals surface area (Å²) in [6.45, 7) is 1.84. The van der Waals surface area contributed by atoms with Gasteiger partial charge in [-0.25, -0.2) is 4.39 Å². The second kappa shape index (κ2) is 6.30. The highest BCUT2D eigenvalue weighted by molar-refractivity contribution is 6.33. The number of rotatable bonds is 3. The van der Waals surface area contributed by atoms with Gasteiger partial charge in [-0.3, -0.25) is 9.69 Å². The number of nitrogens with two attached hydrogens (primary N) is 1. The van der Waals surface area contributed by atoms with Crippen LogP contribution in [0.2, 0.25) is 5.02 Å². The molecule has 1 fully saturated rings. The number of piperazine rings is 1. The molecule has 7 heteroatoms. The van der Waals surface area contributed by atoms with Crippen LogP contribution in [-0.4, -0.2) is 54.3 Å². The summed E-state index contributed by atoms with van der Waals surface area (Å²) in [5.74, 6) is -0.812. The summed E-state index contributed by atoms with van der Waals surface area (Å²) in [6, 6.07) is 3.71. The number of benzene rings is 1. The average Bonchev–Trinajstić information content (AvgIpc) is 2.48. The first kappa shape index (κ1) is 14.9. The van der Waals surface area contributed by atoms with Crippen LogP contribution in [0.3, 0.4) is 0 Å². The van der Waals surface area contributed by atoms with E-state index >= 15 is 0 Å². The van der Waals surface area contributed by atoms with E-state index in [9.17, 15) is 14.0 Å². The van der Waals surface area contributed by atoms with Crippen molar-refractivity contribution in [1.29, 1.82) is 0 Å². The van der Waals surface area contributed by atoms with Gasteiger partial charge in [-0.15, -0.1) is 0 Å². The van der Waals surface area contributed by atoms with Crippen molar-refractivity contribution in [3.8, 4) is 0 Å². The van der Waals surface area contributed by atoms with Crippen molar-refractivity contribution in [2.45, 2.75) is 6.17 Å². The van der Waals surface area contributed by atoms with E-state index in [1.54, 1.807) is 9.80 Å². The first-order valence-electron chi connectivity index (χ1n) is 6.22. The standard InChI is InChI=1S/C13H15ClFN3O2/c14-11-2-1-9(15)7-10(11)13(20)18-5-3-17(4-6-18)12(16)8-19/h1-2,7-8,12H,3-6,16H2. The van der Waals surface area contributed by atoms with Crippen molar-refractivity contribution in [1.82, 2.24) is 9.80 Å². The smallest absolute Gasteiger partial charge is 0.255 e. The molecule has 1 aliphatic rings. The van der Waals surface area contributed by atoms with Crippen LogP contribution in [0.1, 0.15) is 10.4 Å². The zero-order chi connectivity index (χ0) is 14.7. The number of hydrogen-bond acceptors (Lipinski definition) is 4. The van der Waals surface area contributed by atoms with Gasteiger partial charge < -0.3 is 15.4 Å². The van der Waals surface area contributed by atoms with Gasteiger partial charge in [0.05, 0.1) is 10.6 Å². The van der Waals surface area contributed by atoms with Gasteiger partial charge >= 0.3 is 0 Å². The van der Waals surface area contributed by atoms with Gasteiger partial charge in [-0.05, 0) is 18.2 Å². The molecule has 1 saturated heterocycles. The molecule has 1 aromatic carbocycles. The van der Waals surface area contributed by atoms with E-state index in [-0.39, 0.29) is 16.5 Å². The van der Waals surface area contributed by atoms with E-state index in [1.807, 2.05) is 0 Å². The second-order valence-corrected chi connectivity index (χ2v) is 4.99. The molecule has 0 aliphatic carbocycles. The number of amides is 1. The van der Waals surface area contributed by atoms with E-state index in [2.05, 4.69) is 0 Å². The predicted octanol–water partition coefficient (Wildman–Crippen LogP) is 0.721. The lowest BCUT2D eigenvalue weighted by atomic mass is 10.1. The van der Waals surface area contributed by atoms with Crippen LogP contribution in [0.4, 0.5) is 4.39 Å². The third kappa shape index (κ3) is 3.15. The Morgan fingerprint density at radius 3 is 2.60 bits per heavy atom. The summed E-state index contributed by atoms with van der Waals surface area (Å²) in [7, 11) is 0. The Morgan fingerprint density at radius 2 is 2.00 bits per heavy atom. The molecule has 20 heavy (non-hydrogen) atoms. The summed E-state index contributed by atoms with van der Waals surface area (Å²) < 4.78 is 13.2. The van der Waals surface area contributed by atoms with Crippen LogP contribution < -0.4 is 5.73 Å². The highest BCUT2D eigenvalue weighted by Gasteiger charge is 2.25. The van der Waals surface area contributed by atoms with E-state index < -0.39 is 12.0 Å². The fourth-order valence-electron chi connectivity index (χ4n) is 2.14. The average molecular weight is 300 g/mol. The Hall–Kier alpha value is -1.50. The number of carbonyl (C=O) groups is 2. The number of aldehydes is 1. The zero-order valence-electron chi connectivity index (χ0n) is 10.8. The third-order valence-corrected chi connectivity index (χ3v) is 3.65. The maximum atomic E-state index is 13.2. The predicted molar refractivity (Wildman–Crippen MR) is 72.9 cm³/mol. The molecule has 1 heterocycles. The molecule has 0 bridgehead atoms. The minimum Gasteiger partial charge on any atom is -0.336 e. The Morgan fingerprint density at radius 1 is 1.35 bits per heavy atom. The van der Waals surface area contributed by atoms with E-state index in [4.69, 9.17) is 17.3 Å². The Balaban J connectivity index is 2.05. The maximum Gasteiger partial charge on any atom is 0.255 e. The quantitative estimate of drug-likeness (QED) is 0.835. The van der Waals surface area contributed by atoms with Crippen molar-refractivity contribution in [2.24, 2.45) is 5.73 Å². The Labute approximate surface area is 121 Å². The fourth-order valence-corrected chi connectivity index (χ4v) is 2.34. The fraction of sp³-hybridized carbons (Fsp3) is 0.385. The molecule has 0 spiro atoms. The van der Waals surface area contributed by atoms with Gasteiger partial charge in [-0.1, -0.05) is 11.6 Å². The first-order valence-corrected chi connectivity index (χ1v) is 6.60. The first-order chi connectivity index (χ1) is 9.52. The van der Waals surface area contributed by atoms with Crippen LogP contribution in [0, 0.1) is 5.82 Å². The van der Waals surface area contributed by atoms with E-state index in [0.717, 1.165) is 6.07 Å². The number of nitrogens with zero attached hydrogens (tertiary/aromatic N) is 2. The van der Waals surface area contributed by atoms with E-state index in [0.29, 0.717) is 32.5 Å². The van der Waals surface area contributed by atoms with Crippen molar-refractivity contribution < 1.29 is 14.0 Å². The summed E-state index contributed by atoms with van der Waals surface area (Å²) in [6.07, 6.45) is 0.0194. The van der Waals surface area contributed by atoms with Crippen LogP contribution in [0.5, 0.6) is 0 Å². The molecular weight excluding hydrogens is 285 g/mol. The van der Waals surface area contributed by atoms with Gasteiger partial charge in [0, 0.05) is 26.2 Å². The molecule has 5 nitrogen and oxygen atoms in total. The Bertz CT molecular complexity index is 518. The molecule has 0 saturated carbocycles. The van der Waals surface area contributed by atoms with Crippen molar-refractivity contribution in [3.63, 3.8) is 0 Å². The second-order valence-electron chi connectivity index (χ2n) is 4.58. The summed E-state index contributed by atoms with van der Waals surface area (Å²) in [5, 5.41) is 0.225. The zero-order valence-corrected chi connectivity index (χ0v) is 11.5. The highest BCUT2D eigenvalue weighted by atomic mass is 35.5. The largest absolute Gasteiger partial charge is 0.336 e. The molecule has 108 valence electrons. The Kier molecular flexibility index (Phi) is 4.69. The van der Waals surface area contributed by atoms with Gasteiger partial charge in [0.1, 0.15) is 12.0 Å². The number of halogens is 2. The highest BCUT2D eigenvalue weighted by Crippen LogP contribution is 2.19. The van der Waals surface area contributed by atoms with E-state index in [1.165, 1.54) is 12.1 Å². The molecule has 1 aromatic rings. The molecule has 1 unspecified atom stereocenters. The number of hydrogen-bond donors (Lipinski definition) is 1. The van der Waals surface area contributed by atoms with Crippen LogP contribution in [0.25, 0.3) is 0 Å². The van der Waals surface area contributed by atoms with Gasteiger partial charge in [0.15, 0.2) is 6.29 Å². The SMILES string of the molecule is NC(C=O)N1CCN(C(=O)c2cc(F)ccc2Cl)CC1. The molecule has 1 atom stereocenters. The molecule has 1 amide bonds. The van der Waals surface area contributed by atoms with Crippen molar-refractivity contribution in [3.05, 3.63) is 34.6 Å². The van der Waals surface area contributed by atoms with Crippen LogP contribution in [0.15, 0.2) is 18.2 Å². The summed E-state index contributed by atoms with van der Waals surface area (Å²) >= 11 is 5.92. The van der Waals surface area contributed by atoms with Crippen LogP contribution >= 0.6 is 11.6 Å². The summed E-state index contributed by atoms with van der Waals surface area (Å²) in [4.78, 5) is 26.3. The van der Waals surface area contributed by atoms with Crippen molar-refractivity contribution >= 4 is 23.8 Å². The van der Waals surface area contributed by atoms with Gasteiger partial charge in [0.2, 0.25) is 0 Å². The van der Waals surface area contributed by atoms with Crippen molar-refractivity contribution in [2.75, 3.05) is 26.2 Å². The lowest BCUT2D eigenvalue weighted by molar-refractivity contribution is -0.112. The molecule has 1 aliphatic heterocycles.